The number of anilines is 1. The van der Waals surface area contributed by atoms with Crippen LogP contribution in [0.1, 0.15) is 23.2 Å². The van der Waals surface area contributed by atoms with Gasteiger partial charge in [0.15, 0.2) is 0 Å². The maximum atomic E-state index is 12.1. The minimum absolute atomic E-state index is 0.100. The van der Waals surface area contributed by atoms with Crippen molar-refractivity contribution in [3.05, 3.63) is 26.6 Å². The van der Waals surface area contributed by atoms with Gasteiger partial charge in [0.1, 0.15) is 0 Å². The largest absolute Gasteiger partial charge is 0.465 e. The highest BCUT2D eigenvalue weighted by atomic mass is 79.9. The zero-order chi connectivity index (χ0) is 15.4. The molecular weight excluding hydrogens is 404 g/mol. The number of hydrogen-bond acceptors (Lipinski definition) is 4. The van der Waals surface area contributed by atoms with Crippen molar-refractivity contribution in [2.45, 2.75) is 12.8 Å². The molecule has 7 heteroatoms. The van der Waals surface area contributed by atoms with E-state index in [0.29, 0.717) is 28.1 Å². The van der Waals surface area contributed by atoms with Gasteiger partial charge >= 0.3 is 5.97 Å². The third kappa shape index (κ3) is 4.28. The molecule has 1 fully saturated rings. The van der Waals surface area contributed by atoms with Crippen molar-refractivity contribution in [1.82, 2.24) is 5.32 Å². The average Bonchev–Trinajstić information content (AvgIpc) is 2.93. The lowest BCUT2D eigenvalue weighted by molar-refractivity contribution is -0.116. The Hall–Kier alpha value is -0.920. The molecular formula is C14H16Br2N2O3. The SMILES string of the molecule is COC(=O)c1cc(Br)cc(Br)c1NC(=O)CC1CCNC1. The fourth-order valence-electron chi connectivity index (χ4n) is 2.31. The lowest BCUT2D eigenvalue weighted by atomic mass is 10.0. The van der Waals surface area contributed by atoms with Gasteiger partial charge in [-0.25, -0.2) is 4.79 Å². The standard InChI is InChI=1S/C14H16Br2N2O3/c1-21-14(20)10-5-9(15)6-11(16)13(10)18-12(19)4-8-2-3-17-7-8/h5-6,8,17H,2-4,7H2,1H3,(H,18,19). The normalized spacial score (nSPS) is 17.6. The Morgan fingerprint density at radius 3 is 2.81 bits per heavy atom. The number of methoxy groups -OCH3 is 1. The molecule has 1 unspecified atom stereocenters. The molecule has 1 atom stereocenters. The van der Waals surface area contributed by atoms with Crippen LogP contribution >= 0.6 is 31.9 Å². The van der Waals surface area contributed by atoms with Crippen molar-refractivity contribution < 1.29 is 14.3 Å². The minimum Gasteiger partial charge on any atom is -0.465 e. The van der Waals surface area contributed by atoms with Crippen molar-refractivity contribution >= 4 is 49.4 Å². The first-order chi connectivity index (χ1) is 10.0. The molecule has 21 heavy (non-hydrogen) atoms. The van der Waals surface area contributed by atoms with E-state index in [0.717, 1.165) is 24.0 Å². The first kappa shape index (κ1) is 16.5. The summed E-state index contributed by atoms with van der Waals surface area (Å²) in [5.74, 6) is -0.243. The van der Waals surface area contributed by atoms with Crippen molar-refractivity contribution in [3.8, 4) is 0 Å². The fourth-order valence-corrected chi connectivity index (χ4v) is 3.64. The predicted molar refractivity (Wildman–Crippen MR) is 87.4 cm³/mol. The van der Waals surface area contributed by atoms with Crippen LogP contribution in [0.2, 0.25) is 0 Å². The Kier molecular flexibility index (Phi) is 5.78. The van der Waals surface area contributed by atoms with Gasteiger partial charge in [-0.2, -0.15) is 0 Å². The van der Waals surface area contributed by atoms with Gasteiger partial charge in [0.05, 0.1) is 18.4 Å². The molecule has 1 aromatic carbocycles. The van der Waals surface area contributed by atoms with Crippen molar-refractivity contribution in [2.75, 3.05) is 25.5 Å². The highest BCUT2D eigenvalue weighted by Crippen LogP contribution is 2.31. The Morgan fingerprint density at radius 1 is 1.43 bits per heavy atom. The zero-order valence-electron chi connectivity index (χ0n) is 11.5. The van der Waals surface area contributed by atoms with E-state index in [2.05, 4.69) is 42.5 Å². The molecule has 0 radical (unpaired) electrons. The summed E-state index contributed by atoms with van der Waals surface area (Å²) in [4.78, 5) is 24.0. The number of ether oxygens (including phenoxy) is 1. The molecule has 1 aromatic rings. The van der Waals surface area contributed by atoms with E-state index in [1.54, 1.807) is 12.1 Å². The highest BCUT2D eigenvalue weighted by molar-refractivity contribution is 9.11. The van der Waals surface area contributed by atoms with E-state index in [1.807, 2.05) is 0 Å². The van der Waals surface area contributed by atoms with Gasteiger partial charge in [-0.3, -0.25) is 4.79 Å². The maximum absolute atomic E-state index is 12.1. The molecule has 114 valence electrons. The van der Waals surface area contributed by atoms with Gasteiger partial charge < -0.3 is 15.4 Å². The molecule has 1 amide bonds. The third-order valence-corrected chi connectivity index (χ3v) is 4.44. The summed E-state index contributed by atoms with van der Waals surface area (Å²) in [5, 5.41) is 6.04. The second-order valence-corrected chi connectivity index (χ2v) is 6.68. The summed E-state index contributed by atoms with van der Waals surface area (Å²) in [6, 6.07) is 3.41. The van der Waals surface area contributed by atoms with Crippen LogP contribution in [0, 0.1) is 5.92 Å². The molecule has 1 heterocycles. The number of benzene rings is 1. The molecule has 0 aliphatic carbocycles. The van der Waals surface area contributed by atoms with E-state index < -0.39 is 5.97 Å². The second kappa shape index (κ2) is 7.38. The second-order valence-electron chi connectivity index (χ2n) is 4.91. The summed E-state index contributed by atoms with van der Waals surface area (Å²) < 4.78 is 6.12. The van der Waals surface area contributed by atoms with Crippen LogP contribution in [0.25, 0.3) is 0 Å². The smallest absolute Gasteiger partial charge is 0.340 e. The summed E-state index contributed by atoms with van der Waals surface area (Å²) in [5.41, 5.74) is 0.762. The van der Waals surface area contributed by atoms with Crippen LogP contribution in [0.4, 0.5) is 5.69 Å². The van der Waals surface area contributed by atoms with Gasteiger partial charge in [0, 0.05) is 15.4 Å². The van der Waals surface area contributed by atoms with E-state index in [9.17, 15) is 9.59 Å². The van der Waals surface area contributed by atoms with Crippen molar-refractivity contribution in [1.29, 1.82) is 0 Å². The lowest BCUT2D eigenvalue weighted by Crippen LogP contribution is -2.20. The third-order valence-electron chi connectivity index (χ3n) is 3.36. The Morgan fingerprint density at radius 2 is 2.19 bits per heavy atom. The van der Waals surface area contributed by atoms with Crippen LogP contribution in [0.15, 0.2) is 21.1 Å². The van der Waals surface area contributed by atoms with E-state index in [1.165, 1.54) is 7.11 Å². The van der Waals surface area contributed by atoms with E-state index in [4.69, 9.17) is 4.74 Å². The molecule has 5 nitrogen and oxygen atoms in total. The van der Waals surface area contributed by atoms with Crippen molar-refractivity contribution in [3.63, 3.8) is 0 Å². The van der Waals surface area contributed by atoms with Crippen LogP contribution < -0.4 is 10.6 Å². The van der Waals surface area contributed by atoms with Crippen molar-refractivity contribution in [2.24, 2.45) is 5.92 Å². The van der Waals surface area contributed by atoms with E-state index in [-0.39, 0.29) is 5.91 Å². The number of esters is 1. The van der Waals surface area contributed by atoms with Gasteiger partial charge in [0.2, 0.25) is 5.91 Å². The monoisotopic (exact) mass is 418 g/mol. The summed E-state index contributed by atoms with van der Waals surface area (Å²) in [6.45, 7) is 1.81. The molecule has 0 bridgehead atoms. The molecule has 1 aliphatic rings. The summed E-state index contributed by atoms with van der Waals surface area (Å²) >= 11 is 6.69. The topological polar surface area (TPSA) is 67.4 Å². The number of halogens is 2. The van der Waals surface area contributed by atoms with Gasteiger partial charge in [-0.15, -0.1) is 0 Å². The molecule has 2 rings (SSSR count). The molecule has 0 aromatic heterocycles. The van der Waals surface area contributed by atoms with Gasteiger partial charge in [-0.1, -0.05) is 15.9 Å². The van der Waals surface area contributed by atoms with E-state index >= 15 is 0 Å². The van der Waals surface area contributed by atoms with Crippen LogP contribution in [0.3, 0.4) is 0 Å². The number of nitrogens with one attached hydrogen (secondary N) is 2. The quantitative estimate of drug-likeness (QED) is 0.736. The van der Waals surface area contributed by atoms with Crippen LogP contribution in [-0.4, -0.2) is 32.1 Å². The molecule has 1 saturated heterocycles. The number of rotatable bonds is 4. The number of amides is 1. The molecule has 0 saturated carbocycles. The maximum Gasteiger partial charge on any atom is 0.340 e. The Bertz CT molecular complexity index is 557. The number of carbonyl (C=O) groups is 2. The molecule has 2 N–H and O–H groups in total. The zero-order valence-corrected chi connectivity index (χ0v) is 14.7. The first-order valence-corrected chi connectivity index (χ1v) is 8.17. The molecule has 0 spiro atoms. The Balaban J connectivity index is 2.17. The summed E-state index contributed by atoms with van der Waals surface area (Å²) in [6.07, 6.45) is 1.44. The minimum atomic E-state index is -0.491. The lowest BCUT2D eigenvalue weighted by Gasteiger charge is -2.14. The van der Waals surface area contributed by atoms with Crippen LogP contribution in [0.5, 0.6) is 0 Å². The number of hydrogen-bond donors (Lipinski definition) is 2. The average molecular weight is 420 g/mol. The predicted octanol–water partition coefficient (Wildman–Crippen LogP) is 2.94. The first-order valence-electron chi connectivity index (χ1n) is 6.59. The van der Waals surface area contributed by atoms with Crippen LogP contribution in [-0.2, 0) is 9.53 Å². The Labute approximate surface area is 140 Å². The van der Waals surface area contributed by atoms with Gasteiger partial charge in [-0.05, 0) is 53.5 Å². The summed E-state index contributed by atoms with van der Waals surface area (Å²) in [7, 11) is 1.31. The number of carbonyl (C=O) groups excluding carboxylic acids is 2. The highest BCUT2D eigenvalue weighted by Gasteiger charge is 2.21. The fraction of sp³-hybridized carbons (Fsp3) is 0.429. The molecule has 1 aliphatic heterocycles. The van der Waals surface area contributed by atoms with Gasteiger partial charge in [0.25, 0.3) is 0 Å².